The molecule has 0 aliphatic carbocycles. The molecule has 0 amide bonds. The number of benzene rings is 1. The highest BCUT2D eigenvalue weighted by molar-refractivity contribution is 5.77. The first-order valence-electron chi connectivity index (χ1n) is 6.98. The molecule has 0 fully saturated rings. The van der Waals surface area contributed by atoms with Crippen molar-refractivity contribution in [1.82, 2.24) is 0 Å². The van der Waals surface area contributed by atoms with Crippen LogP contribution in [0.25, 0.3) is 0 Å². The van der Waals surface area contributed by atoms with Gasteiger partial charge in [-0.05, 0) is 37.0 Å². The van der Waals surface area contributed by atoms with Gasteiger partial charge in [0.05, 0.1) is 6.61 Å². The first-order chi connectivity index (χ1) is 9.93. The summed E-state index contributed by atoms with van der Waals surface area (Å²) in [6.07, 6.45) is 0. The van der Waals surface area contributed by atoms with E-state index in [4.69, 9.17) is 9.47 Å². The summed E-state index contributed by atoms with van der Waals surface area (Å²) in [4.78, 5) is 22.6. The first kappa shape index (κ1) is 17.0. The summed E-state index contributed by atoms with van der Waals surface area (Å²) >= 11 is 0. The van der Waals surface area contributed by atoms with Crippen molar-refractivity contribution in [3.63, 3.8) is 0 Å². The molecular formula is C16H22O5. The maximum Gasteiger partial charge on any atom is 0.344 e. The molecule has 1 rings (SSSR count). The summed E-state index contributed by atoms with van der Waals surface area (Å²) in [7, 11) is 0. The molecule has 0 unspecified atom stereocenters. The molecule has 5 nitrogen and oxygen atoms in total. The molecule has 0 saturated carbocycles. The maximum absolute atomic E-state index is 11.5. The Labute approximate surface area is 125 Å². The van der Waals surface area contributed by atoms with Crippen molar-refractivity contribution < 1.29 is 23.8 Å². The third kappa shape index (κ3) is 5.85. The van der Waals surface area contributed by atoms with Gasteiger partial charge >= 0.3 is 11.9 Å². The van der Waals surface area contributed by atoms with E-state index in [1.54, 1.807) is 6.92 Å². The minimum absolute atomic E-state index is 0.234. The summed E-state index contributed by atoms with van der Waals surface area (Å²) < 4.78 is 14.9. The topological polar surface area (TPSA) is 61.8 Å². The number of hydrogen-bond donors (Lipinski definition) is 0. The minimum atomic E-state index is -0.598. The van der Waals surface area contributed by atoms with Crippen LogP contribution in [0.4, 0.5) is 0 Å². The minimum Gasteiger partial charge on any atom is -0.482 e. The molecule has 0 saturated heterocycles. The molecule has 0 aliphatic heterocycles. The Bertz CT molecular complexity index is 493. The number of rotatable bonds is 7. The van der Waals surface area contributed by atoms with Crippen molar-refractivity contribution in [3.8, 4) is 5.75 Å². The number of carbonyl (C=O) groups excluding carboxylic acids is 2. The van der Waals surface area contributed by atoms with E-state index in [0.717, 1.165) is 11.1 Å². The third-order valence-corrected chi connectivity index (χ3v) is 2.79. The highest BCUT2D eigenvalue weighted by Gasteiger charge is 2.12. The zero-order chi connectivity index (χ0) is 15.8. The molecule has 0 aliphatic rings. The molecule has 0 bridgehead atoms. The van der Waals surface area contributed by atoms with Crippen LogP contribution in [0.2, 0.25) is 0 Å². The van der Waals surface area contributed by atoms with Gasteiger partial charge in [0.1, 0.15) is 5.75 Å². The molecule has 21 heavy (non-hydrogen) atoms. The van der Waals surface area contributed by atoms with Crippen molar-refractivity contribution in [1.29, 1.82) is 0 Å². The molecular weight excluding hydrogens is 272 g/mol. The van der Waals surface area contributed by atoms with E-state index < -0.39 is 11.9 Å². The molecule has 116 valence electrons. The predicted molar refractivity (Wildman–Crippen MR) is 78.4 cm³/mol. The van der Waals surface area contributed by atoms with E-state index in [1.807, 2.05) is 25.1 Å². The summed E-state index contributed by atoms with van der Waals surface area (Å²) in [5.74, 6) is -0.210. The Hall–Kier alpha value is -2.04. The second kappa shape index (κ2) is 8.29. The smallest absolute Gasteiger partial charge is 0.344 e. The van der Waals surface area contributed by atoms with E-state index in [9.17, 15) is 9.59 Å². The Balaban J connectivity index is 2.53. The molecule has 1 aromatic rings. The molecule has 0 aromatic heterocycles. The molecule has 5 heteroatoms. The standard InChI is InChI=1S/C16H22O5/c1-5-19-15(17)10-21-16(18)9-20-14-8-12(4)6-7-13(14)11(2)3/h6-8,11H,5,9-10H2,1-4H3. The molecule has 0 atom stereocenters. The average Bonchev–Trinajstić information content (AvgIpc) is 2.43. The molecule has 0 spiro atoms. The van der Waals surface area contributed by atoms with E-state index in [-0.39, 0.29) is 25.7 Å². The summed E-state index contributed by atoms with van der Waals surface area (Å²) in [5, 5.41) is 0. The molecule has 0 N–H and O–H groups in total. The van der Waals surface area contributed by atoms with E-state index in [2.05, 4.69) is 18.6 Å². The van der Waals surface area contributed by atoms with Crippen LogP contribution in [0.1, 0.15) is 37.8 Å². The van der Waals surface area contributed by atoms with Crippen molar-refractivity contribution in [2.45, 2.75) is 33.6 Å². The van der Waals surface area contributed by atoms with Gasteiger partial charge in [-0.3, -0.25) is 0 Å². The van der Waals surface area contributed by atoms with Crippen LogP contribution in [-0.2, 0) is 19.1 Å². The molecule has 0 heterocycles. The van der Waals surface area contributed by atoms with Crippen LogP contribution >= 0.6 is 0 Å². The second-order valence-electron chi connectivity index (χ2n) is 4.95. The van der Waals surface area contributed by atoms with Crippen LogP contribution in [0.15, 0.2) is 18.2 Å². The van der Waals surface area contributed by atoms with Gasteiger partial charge in [-0.2, -0.15) is 0 Å². The fraction of sp³-hybridized carbons (Fsp3) is 0.500. The zero-order valence-electron chi connectivity index (χ0n) is 13.0. The fourth-order valence-corrected chi connectivity index (χ4v) is 1.76. The van der Waals surface area contributed by atoms with Crippen LogP contribution in [0, 0.1) is 6.92 Å². The molecule has 0 radical (unpaired) electrons. The third-order valence-electron chi connectivity index (χ3n) is 2.79. The number of hydrogen-bond acceptors (Lipinski definition) is 5. The van der Waals surface area contributed by atoms with E-state index in [0.29, 0.717) is 5.75 Å². The largest absolute Gasteiger partial charge is 0.482 e. The van der Waals surface area contributed by atoms with Gasteiger partial charge in [0.15, 0.2) is 13.2 Å². The lowest BCUT2D eigenvalue weighted by Gasteiger charge is -2.14. The number of ether oxygens (including phenoxy) is 3. The summed E-state index contributed by atoms with van der Waals surface area (Å²) in [6, 6.07) is 5.87. The Kier molecular flexibility index (Phi) is 6.72. The van der Waals surface area contributed by atoms with Gasteiger partial charge in [0.25, 0.3) is 0 Å². The number of esters is 2. The summed E-state index contributed by atoms with van der Waals surface area (Å²) in [6.45, 7) is 7.38. The van der Waals surface area contributed by atoms with Gasteiger partial charge in [-0.1, -0.05) is 26.0 Å². The first-order valence-corrected chi connectivity index (χ1v) is 6.98. The van der Waals surface area contributed by atoms with Crippen LogP contribution in [0.5, 0.6) is 5.75 Å². The highest BCUT2D eigenvalue weighted by atomic mass is 16.6. The van der Waals surface area contributed by atoms with Gasteiger partial charge < -0.3 is 14.2 Å². The normalized spacial score (nSPS) is 10.3. The average molecular weight is 294 g/mol. The van der Waals surface area contributed by atoms with Crippen molar-refractivity contribution >= 4 is 11.9 Å². The lowest BCUT2D eigenvalue weighted by Crippen LogP contribution is -2.21. The van der Waals surface area contributed by atoms with Crippen molar-refractivity contribution in [2.75, 3.05) is 19.8 Å². The lowest BCUT2D eigenvalue weighted by atomic mass is 10.0. The van der Waals surface area contributed by atoms with Crippen molar-refractivity contribution in [2.24, 2.45) is 0 Å². The Morgan fingerprint density at radius 3 is 2.38 bits per heavy atom. The lowest BCUT2D eigenvalue weighted by molar-refractivity contribution is -0.159. The van der Waals surface area contributed by atoms with Gasteiger partial charge in [-0.25, -0.2) is 9.59 Å². The van der Waals surface area contributed by atoms with Crippen LogP contribution < -0.4 is 4.74 Å². The van der Waals surface area contributed by atoms with E-state index in [1.165, 1.54) is 0 Å². The SMILES string of the molecule is CCOC(=O)COC(=O)COc1cc(C)ccc1C(C)C. The van der Waals surface area contributed by atoms with E-state index >= 15 is 0 Å². The number of aryl methyl sites for hydroxylation is 1. The highest BCUT2D eigenvalue weighted by Crippen LogP contribution is 2.27. The summed E-state index contributed by atoms with van der Waals surface area (Å²) in [5.41, 5.74) is 2.08. The van der Waals surface area contributed by atoms with Gasteiger partial charge in [-0.15, -0.1) is 0 Å². The fourth-order valence-electron chi connectivity index (χ4n) is 1.76. The Morgan fingerprint density at radius 2 is 1.76 bits per heavy atom. The predicted octanol–water partition coefficient (Wildman–Crippen LogP) is 2.60. The van der Waals surface area contributed by atoms with Crippen molar-refractivity contribution in [3.05, 3.63) is 29.3 Å². The number of carbonyl (C=O) groups is 2. The maximum atomic E-state index is 11.5. The molecule has 1 aromatic carbocycles. The Morgan fingerprint density at radius 1 is 1.10 bits per heavy atom. The van der Waals surface area contributed by atoms with Gasteiger partial charge in [0.2, 0.25) is 0 Å². The monoisotopic (exact) mass is 294 g/mol. The quantitative estimate of drug-likeness (QED) is 0.723. The van der Waals surface area contributed by atoms with Gasteiger partial charge in [0, 0.05) is 0 Å². The van der Waals surface area contributed by atoms with Crippen LogP contribution in [0.3, 0.4) is 0 Å². The van der Waals surface area contributed by atoms with Crippen LogP contribution in [-0.4, -0.2) is 31.8 Å². The second-order valence-corrected chi connectivity index (χ2v) is 4.95. The zero-order valence-corrected chi connectivity index (χ0v) is 13.0.